The maximum Gasteiger partial charge on any atom is 0.298 e. The predicted molar refractivity (Wildman–Crippen MR) is 96.9 cm³/mol. The van der Waals surface area contributed by atoms with E-state index >= 15 is 0 Å². The number of benzene rings is 2. The topological polar surface area (TPSA) is 83.8 Å². The molecule has 0 aromatic heterocycles. The van der Waals surface area contributed by atoms with Gasteiger partial charge in [-0.15, -0.1) is 0 Å². The molecule has 0 atom stereocenters. The fraction of sp³-hybridized carbons (Fsp3) is 0.368. The fourth-order valence-electron chi connectivity index (χ4n) is 2.62. The van der Waals surface area contributed by atoms with Crippen molar-refractivity contribution in [1.29, 1.82) is 0 Å². The molecule has 0 bridgehead atoms. The highest BCUT2D eigenvalue weighted by molar-refractivity contribution is 7.86. The van der Waals surface area contributed by atoms with Crippen LogP contribution in [0.4, 0.5) is 0 Å². The third-order valence-electron chi connectivity index (χ3n) is 3.96. The molecule has 2 aromatic rings. The molecule has 136 valence electrons. The molecule has 2 N–H and O–H groups in total. The summed E-state index contributed by atoms with van der Waals surface area (Å²) < 4.78 is 37.8. The van der Waals surface area contributed by atoms with Gasteiger partial charge in [0, 0.05) is 0 Å². The van der Waals surface area contributed by atoms with E-state index in [1.165, 1.54) is 43.5 Å². The Labute approximate surface area is 149 Å². The number of phenols is 1. The number of unbranched alkanes of at least 4 members (excludes halogenated alkanes) is 4. The SMILES string of the molecule is CCCCCCCc1cc(Oc2ccccc2S(=O)(=O)O)ccc1O. The molecule has 0 fully saturated rings. The standard InChI is InChI=1S/C19H24O5S/c1-2-3-4-5-6-9-15-14-16(12-13-17(15)20)24-18-10-7-8-11-19(18)25(21,22)23/h7-8,10-14,20H,2-6,9H2,1H3,(H,21,22,23). The Morgan fingerprint density at radius 2 is 1.72 bits per heavy atom. The first-order valence-corrected chi connectivity index (χ1v) is 9.92. The van der Waals surface area contributed by atoms with Crippen molar-refractivity contribution >= 4 is 10.1 Å². The molecule has 0 aliphatic rings. The van der Waals surface area contributed by atoms with Gasteiger partial charge in [-0.1, -0.05) is 44.7 Å². The van der Waals surface area contributed by atoms with Crippen LogP contribution in [0.15, 0.2) is 47.4 Å². The summed E-state index contributed by atoms with van der Waals surface area (Å²) in [5, 5.41) is 10.00. The maximum atomic E-state index is 11.4. The third-order valence-corrected chi connectivity index (χ3v) is 4.85. The van der Waals surface area contributed by atoms with E-state index in [1.54, 1.807) is 18.2 Å². The van der Waals surface area contributed by atoms with Crippen LogP contribution in [0.3, 0.4) is 0 Å². The molecular weight excluding hydrogens is 340 g/mol. The van der Waals surface area contributed by atoms with E-state index in [4.69, 9.17) is 4.74 Å². The molecule has 2 rings (SSSR count). The van der Waals surface area contributed by atoms with Crippen LogP contribution in [0.25, 0.3) is 0 Å². The van der Waals surface area contributed by atoms with Crippen LogP contribution in [-0.2, 0) is 16.5 Å². The summed E-state index contributed by atoms with van der Waals surface area (Å²) in [6.45, 7) is 2.16. The Balaban J connectivity index is 2.13. The molecule has 25 heavy (non-hydrogen) atoms. The van der Waals surface area contributed by atoms with Gasteiger partial charge in [-0.2, -0.15) is 8.42 Å². The van der Waals surface area contributed by atoms with E-state index in [-0.39, 0.29) is 16.4 Å². The van der Waals surface area contributed by atoms with Gasteiger partial charge < -0.3 is 9.84 Å². The van der Waals surface area contributed by atoms with Crippen molar-refractivity contribution in [1.82, 2.24) is 0 Å². The zero-order chi connectivity index (χ0) is 18.3. The lowest BCUT2D eigenvalue weighted by molar-refractivity contribution is 0.442. The first kappa shape index (κ1) is 19.3. The van der Waals surface area contributed by atoms with Crippen LogP contribution < -0.4 is 4.74 Å². The lowest BCUT2D eigenvalue weighted by Crippen LogP contribution is -2.01. The number of aromatic hydroxyl groups is 1. The van der Waals surface area contributed by atoms with Crippen molar-refractivity contribution in [2.75, 3.05) is 0 Å². The van der Waals surface area contributed by atoms with Crippen LogP contribution in [0.2, 0.25) is 0 Å². The number of hydrogen-bond donors (Lipinski definition) is 2. The minimum atomic E-state index is -4.37. The Bertz CT molecular complexity index is 799. The van der Waals surface area contributed by atoms with Gasteiger partial charge >= 0.3 is 0 Å². The maximum absolute atomic E-state index is 11.4. The Morgan fingerprint density at radius 1 is 1.00 bits per heavy atom. The van der Waals surface area contributed by atoms with Crippen molar-refractivity contribution in [2.24, 2.45) is 0 Å². The summed E-state index contributed by atoms with van der Waals surface area (Å²) in [5.41, 5.74) is 0.762. The fourth-order valence-corrected chi connectivity index (χ4v) is 3.23. The van der Waals surface area contributed by atoms with E-state index in [1.807, 2.05) is 0 Å². The predicted octanol–water partition coefficient (Wildman–Crippen LogP) is 4.94. The van der Waals surface area contributed by atoms with E-state index < -0.39 is 10.1 Å². The lowest BCUT2D eigenvalue weighted by Gasteiger charge is -2.11. The first-order chi connectivity index (χ1) is 11.9. The summed E-state index contributed by atoms with van der Waals surface area (Å²) in [7, 11) is -4.37. The number of para-hydroxylation sites is 1. The smallest absolute Gasteiger partial charge is 0.298 e. The Hall–Kier alpha value is -2.05. The Morgan fingerprint density at radius 3 is 2.44 bits per heavy atom. The second-order valence-corrected chi connectivity index (χ2v) is 7.37. The van der Waals surface area contributed by atoms with Gasteiger partial charge in [-0.3, -0.25) is 4.55 Å². The largest absolute Gasteiger partial charge is 0.508 e. The van der Waals surface area contributed by atoms with Gasteiger partial charge in [-0.25, -0.2) is 0 Å². The summed E-state index contributed by atoms with van der Waals surface area (Å²) in [4.78, 5) is -0.288. The Kier molecular flexibility index (Phi) is 6.84. The number of rotatable bonds is 9. The highest BCUT2D eigenvalue weighted by Crippen LogP contribution is 2.31. The van der Waals surface area contributed by atoms with E-state index in [0.29, 0.717) is 5.75 Å². The summed E-state index contributed by atoms with van der Waals surface area (Å²) >= 11 is 0. The quantitative estimate of drug-likeness (QED) is 0.486. The highest BCUT2D eigenvalue weighted by atomic mass is 32.2. The minimum absolute atomic E-state index is 0.0459. The molecule has 0 radical (unpaired) electrons. The zero-order valence-corrected chi connectivity index (χ0v) is 15.1. The number of aryl methyl sites for hydroxylation is 1. The number of phenolic OH excluding ortho intramolecular Hbond substituents is 1. The third kappa shape index (κ3) is 5.76. The summed E-state index contributed by atoms with van der Waals surface area (Å²) in [6.07, 6.45) is 6.37. The molecule has 0 saturated heterocycles. The van der Waals surface area contributed by atoms with Crippen molar-refractivity contribution in [3.05, 3.63) is 48.0 Å². The zero-order valence-electron chi connectivity index (χ0n) is 14.3. The van der Waals surface area contributed by atoms with Gasteiger partial charge in [-0.05, 0) is 48.7 Å². The van der Waals surface area contributed by atoms with Crippen LogP contribution in [0, 0.1) is 0 Å². The number of hydrogen-bond acceptors (Lipinski definition) is 4. The molecular formula is C19H24O5S. The average Bonchev–Trinajstić information content (AvgIpc) is 2.57. The van der Waals surface area contributed by atoms with Gasteiger partial charge in [0.1, 0.15) is 22.1 Å². The van der Waals surface area contributed by atoms with Gasteiger partial charge in [0.05, 0.1) is 0 Å². The molecule has 0 aliphatic heterocycles. The van der Waals surface area contributed by atoms with Crippen molar-refractivity contribution in [2.45, 2.75) is 50.3 Å². The molecule has 0 spiro atoms. The summed E-state index contributed by atoms with van der Waals surface area (Å²) in [5.74, 6) is 0.660. The highest BCUT2D eigenvalue weighted by Gasteiger charge is 2.16. The van der Waals surface area contributed by atoms with Gasteiger partial charge in [0.2, 0.25) is 0 Å². The van der Waals surface area contributed by atoms with E-state index in [9.17, 15) is 18.1 Å². The molecule has 6 heteroatoms. The molecule has 0 heterocycles. The first-order valence-electron chi connectivity index (χ1n) is 8.48. The van der Waals surface area contributed by atoms with Crippen molar-refractivity contribution < 1.29 is 22.8 Å². The van der Waals surface area contributed by atoms with E-state index in [2.05, 4.69) is 6.92 Å². The lowest BCUT2D eigenvalue weighted by atomic mass is 10.0. The monoisotopic (exact) mass is 364 g/mol. The molecule has 5 nitrogen and oxygen atoms in total. The molecule has 2 aromatic carbocycles. The number of ether oxygens (including phenoxy) is 1. The van der Waals surface area contributed by atoms with E-state index in [0.717, 1.165) is 24.8 Å². The molecule has 0 aliphatic carbocycles. The van der Waals surface area contributed by atoms with Gasteiger partial charge in [0.15, 0.2) is 0 Å². The van der Waals surface area contributed by atoms with Crippen LogP contribution in [0.5, 0.6) is 17.2 Å². The summed E-state index contributed by atoms with van der Waals surface area (Å²) in [6, 6.07) is 10.7. The average molecular weight is 364 g/mol. The second-order valence-electron chi connectivity index (χ2n) is 5.98. The van der Waals surface area contributed by atoms with Gasteiger partial charge in [0.25, 0.3) is 10.1 Å². The van der Waals surface area contributed by atoms with Crippen LogP contribution in [0.1, 0.15) is 44.6 Å². The molecule has 0 unspecified atom stereocenters. The second kappa shape index (κ2) is 8.87. The normalized spacial score (nSPS) is 11.4. The van der Waals surface area contributed by atoms with Crippen molar-refractivity contribution in [3.63, 3.8) is 0 Å². The minimum Gasteiger partial charge on any atom is -0.508 e. The van der Waals surface area contributed by atoms with Crippen LogP contribution in [-0.4, -0.2) is 18.1 Å². The molecule has 0 amide bonds. The van der Waals surface area contributed by atoms with Crippen LogP contribution >= 0.6 is 0 Å². The van der Waals surface area contributed by atoms with Crippen molar-refractivity contribution in [3.8, 4) is 17.2 Å². The molecule has 0 saturated carbocycles.